The summed E-state index contributed by atoms with van der Waals surface area (Å²) in [6.07, 6.45) is 4.52. The van der Waals surface area contributed by atoms with E-state index in [2.05, 4.69) is 36.8 Å². The maximum atomic E-state index is 5.36. The van der Waals surface area contributed by atoms with Crippen molar-refractivity contribution in [1.29, 1.82) is 0 Å². The van der Waals surface area contributed by atoms with Crippen LogP contribution in [0.15, 0.2) is 51.0 Å². The van der Waals surface area contributed by atoms with Crippen molar-refractivity contribution in [3.63, 3.8) is 0 Å². The van der Waals surface area contributed by atoms with Crippen LogP contribution < -0.4 is 0 Å². The second-order valence-corrected chi connectivity index (χ2v) is 7.23. The second kappa shape index (κ2) is 7.79. The molecule has 9 heteroatoms. The first kappa shape index (κ1) is 16.9. The fourth-order valence-corrected chi connectivity index (χ4v) is 3.92. The van der Waals surface area contributed by atoms with Gasteiger partial charge in [-0.3, -0.25) is 4.98 Å². The number of hydrogen-bond donors (Lipinski definition) is 0. The second-order valence-electron chi connectivity index (χ2n) is 5.51. The van der Waals surface area contributed by atoms with E-state index in [0.29, 0.717) is 17.5 Å². The molecule has 4 aromatic rings. The SMILES string of the molecule is CCCn1c(SCc2nc(-c3ccsc3)no2)nnc1-c1ccncc1. The first-order valence-corrected chi connectivity index (χ1v) is 10.1. The van der Waals surface area contributed by atoms with Crippen LogP contribution in [0, 0.1) is 0 Å². The number of rotatable bonds is 7. The fourth-order valence-electron chi connectivity index (χ4n) is 2.48. The Morgan fingerprint density at radius 1 is 1.15 bits per heavy atom. The first-order chi connectivity index (χ1) is 12.8. The van der Waals surface area contributed by atoms with Crippen molar-refractivity contribution < 1.29 is 4.52 Å². The molecule has 4 aromatic heterocycles. The highest BCUT2D eigenvalue weighted by Gasteiger charge is 2.16. The van der Waals surface area contributed by atoms with Crippen LogP contribution in [-0.2, 0) is 12.3 Å². The Balaban J connectivity index is 1.52. The predicted molar refractivity (Wildman–Crippen MR) is 101 cm³/mol. The number of thiophene rings is 1. The van der Waals surface area contributed by atoms with Gasteiger partial charge >= 0.3 is 0 Å². The van der Waals surface area contributed by atoms with Crippen molar-refractivity contribution in [3.05, 3.63) is 47.2 Å². The van der Waals surface area contributed by atoms with Gasteiger partial charge in [-0.15, -0.1) is 10.2 Å². The standard InChI is InChI=1S/C17H16N6OS2/c1-2-8-23-16(12-3-6-18-7-4-12)20-21-17(23)26-11-14-19-15(22-24-14)13-5-9-25-10-13/h3-7,9-10H,2,8,11H2,1H3. The largest absolute Gasteiger partial charge is 0.338 e. The van der Waals surface area contributed by atoms with Crippen LogP contribution in [-0.4, -0.2) is 29.9 Å². The van der Waals surface area contributed by atoms with Crippen molar-refractivity contribution in [2.75, 3.05) is 0 Å². The Morgan fingerprint density at radius 3 is 2.81 bits per heavy atom. The summed E-state index contributed by atoms with van der Waals surface area (Å²) in [7, 11) is 0. The molecule has 0 radical (unpaired) electrons. The van der Waals surface area contributed by atoms with E-state index in [0.717, 1.165) is 35.1 Å². The number of pyridine rings is 1. The highest BCUT2D eigenvalue weighted by Crippen LogP contribution is 2.27. The van der Waals surface area contributed by atoms with Crippen LogP contribution in [0.5, 0.6) is 0 Å². The van der Waals surface area contributed by atoms with Gasteiger partial charge in [0.15, 0.2) is 11.0 Å². The lowest BCUT2D eigenvalue weighted by molar-refractivity contribution is 0.391. The smallest absolute Gasteiger partial charge is 0.237 e. The number of hydrogen-bond acceptors (Lipinski definition) is 8. The van der Waals surface area contributed by atoms with Crippen molar-refractivity contribution in [3.8, 4) is 22.8 Å². The Labute approximate surface area is 158 Å². The average molecular weight is 384 g/mol. The third-order valence-corrected chi connectivity index (χ3v) is 5.31. The highest BCUT2D eigenvalue weighted by molar-refractivity contribution is 7.98. The van der Waals surface area contributed by atoms with Crippen LogP contribution >= 0.6 is 23.1 Å². The van der Waals surface area contributed by atoms with Gasteiger partial charge in [-0.1, -0.05) is 23.8 Å². The minimum absolute atomic E-state index is 0.551. The van der Waals surface area contributed by atoms with Gasteiger partial charge < -0.3 is 9.09 Å². The number of nitrogens with zero attached hydrogens (tertiary/aromatic N) is 6. The Kier molecular flexibility index (Phi) is 5.07. The molecule has 0 aromatic carbocycles. The molecule has 0 aliphatic rings. The molecule has 4 rings (SSSR count). The van der Waals surface area contributed by atoms with Gasteiger partial charge in [0.05, 0.1) is 5.75 Å². The van der Waals surface area contributed by atoms with Gasteiger partial charge in [0, 0.05) is 35.4 Å². The molecule has 0 N–H and O–H groups in total. The quantitative estimate of drug-likeness (QED) is 0.443. The fraction of sp³-hybridized carbons (Fsp3) is 0.235. The molecule has 0 atom stereocenters. The predicted octanol–water partition coefficient (Wildman–Crippen LogP) is 4.15. The summed E-state index contributed by atoms with van der Waals surface area (Å²) in [5.74, 6) is 2.60. The number of aromatic nitrogens is 6. The topological polar surface area (TPSA) is 82.5 Å². The van der Waals surface area contributed by atoms with Gasteiger partial charge in [-0.05, 0) is 30.0 Å². The van der Waals surface area contributed by atoms with Crippen molar-refractivity contribution >= 4 is 23.1 Å². The van der Waals surface area contributed by atoms with E-state index in [9.17, 15) is 0 Å². The summed E-state index contributed by atoms with van der Waals surface area (Å²) in [4.78, 5) is 8.51. The van der Waals surface area contributed by atoms with E-state index in [-0.39, 0.29) is 0 Å². The van der Waals surface area contributed by atoms with E-state index < -0.39 is 0 Å². The summed E-state index contributed by atoms with van der Waals surface area (Å²) < 4.78 is 7.48. The summed E-state index contributed by atoms with van der Waals surface area (Å²) in [6.45, 7) is 2.98. The molecule has 4 heterocycles. The maximum Gasteiger partial charge on any atom is 0.237 e. The van der Waals surface area contributed by atoms with Gasteiger partial charge in [-0.25, -0.2) is 0 Å². The zero-order chi connectivity index (χ0) is 17.8. The Bertz CT molecular complexity index is 964. The Morgan fingerprint density at radius 2 is 2.04 bits per heavy atom. The maximum absolute atomic E-state index is 5.36. The third kappa shape index (κ3) is 3.54. The lowest BCUT2D eigenvalue weighted by Crippen LogP contribution is -2.02. The molecule has 0 bridgehead atoms. The van der Waals surface area contributed by atoms with E-state index in [1.807, 2.05) is 29.0 Å². The summed E-state index contributed by atoms with van der Waals surface area (Å²) >= 11 is 3.16. The van der Waals surface area contributed by atoms with E-state index in [1.165, 1.54) is 0 Å². The molecule has 0 aliphatic heterocycles. The minimum Gasteiger partial charge on any atom is -0.338 e. The normalized spacial score (nSPS) is 11.1. The zero-order valence-corrected chi connectivity index (χ0v) is 15.7. The summed E-state index contributed by atoms with van der Waals surface area (Å²) in [6, 6.07) is 5.86. The molecule has 132 valence electrons. The average Bonchev–Trinajstić information content (AvgIpc) is 3.42. The van der Waals surface area contributed by atoms with Crippen molar-refractivity contribution in [1.82, 2.24) is 29.9 Å². The van der Waals surface area contributed by atoms with Gasteiger partial charge in [-0.2, -0.15) is 16.3 Å². The lowest BCUT2D eigenvalue weighted by Gasteiger charge is -2.07. The highest BCUT2D eigenvalue weighted by atomic mass is 32.2. The third-order valence-electron chi connectivity index (χ3n) is 3.67. The minimum atomic E-state index is 0.551. The van der Waals surface area contributed by atoms with Gasteiger partial charge in [0.2, 0.25) is 11.7 Å². The number of thioether (sulfide) groups is 1. The molecule has 7 nitrogen and oxygen atoms in total. The summed E-state index contributed by atoms with van der Waals surface area (Å²) in [5, 5.41) is 17.6. The molecule has 0 amide bonds. The molecule has 0 fully saturated rings. The zero-order valence-electron chi connectivity index (χ0n) is 14.1. The molecule has 0 saturated carbocycles. The van der Waals surface area contributed by atoms with E-state index in [1.54, 1.807) is 35.5 Å². The van der Waals surface area contributed by atoms with Crippen LogP contribution in [0.2, 0.25) is 0 Å². The van der Waals surface area contributed by atoms with Gasteiger partial charge in [0.1, 0.15) is 0 Å². The molecule has 0 saturated heterocycles. The van der Waals surface area contributed by atoms with E-state index >= 15 is 0 Å². The van der Waals surface area contributed by atoms with Crippen LogP contribution in [0.3, 0.4) is 0 Å². The van der Waals surface area contributed by atoms with E-state index in [4.69, 9.17) is 4.52 Å². The molecule has 0 aliphatic carbocycles. The molecular weight excluding hydrogens is 368 g/mol. The van der Waals surface area contributed by atoms with Crippen molar-refractivity contribution in [2.45, 2.75) is 30.8 Å². The molecule has 0 spiro atoms. The van der Waals surface area contributed by atoms with Crippen LogP contribution in [0.1, 0.15) is 19.2 Å². The molecule has 0 unspecified atom stereocenters. The van der Waals surface area contributed by atoms with Gasteiger partial charge in [0.25, 0.3) is 0 Å². The summed E-state index contributed by atoms with van der Waals surface area (Å²) in [5.41, 5.74) is 1.98. The monoisotopic (exact) mass is 384 g/mol. The van der Waals surface area contributed by atoms with Crippen LogP contribution in [0.25, 0.3) is 22.8 Å². The lowest BCUT2D eigenvalue weighted by atomic mass is 10.2. The van der Waals surface area contributed by atoms with Crippen LogP contribution in [0.4, 0.5) is 0 Å². The molecular formula is C17H16N6OS2. The Hall–Kier alpha value is -2.52. The first-order valence-electron chi connectivity index (χ1n) is 8.16. The molecule has 26 heavy (non-hydrogen) atoms. The van der Waals surface area contributed by atoms with Crippen molar-refractivity contribution in [2.24, 2.45) is 0 Å².